The van der Waals surface area contributed by atoms with Crippen LogP contribution in [0.2, 0.25) is 5.02 Å². The third kappa shape index (κ3) is 4.07. The van der Waals surface area contributed by atoms with Crippen LogP contribution in [0.5, 0.6) is 5.75 Å². The molecule has 0 aliphatic carbocycles. The molecule has 0 aromatic heterocycles. The number of benzene rings is 2. The lowest BCUT2D eigenvalue weighted by Gasteiger charge is -2.11. The molecule has 0 saturated carbocycles. The van der Waals surface area contributed by atoms with E-state index in [1.165, 1.54) is 18.2 Å². The van der Waals surface area contributed by atoms with E-state index in [1.54, 1.807) is 0 Å². The fourth-order valence-corrected chi connectivity index (χ4v) is 2.06. The largest absolute Gasteiger partial charge is 0.573 e. The van der Waals surface area contributed by atoms with Gasteiger partial charge in [0.25, 0.3) is 0 Å². The Bertz CT molecular complexity index is 661. The van der Waals surface area contributed by atoms with Crippen LogP contribution in [-0.4, -0.2) is 6.36 Å². The van der Waals surface area contributed by atoms with Crippen LogP contribution in [0.4, 0.5) is 26.3 Å². The Morgan fingerprint density at radius 3 is 1.77 bits per heavy atom. The van der Waals surface area contributed by atoms with Gasteiger partial charge in [-0.25, -0.2) is 0 Å². The van der Waals surface area contributed by atoms with Crippen molar-refractivity contribution in [1.29, 1.82) is 0 Å². The molecule has 0 heterocycles. The van der Waals surface area contributed by atoms with Gasteiger partial charge in [-0.3, -0.25) is 0 Å². The van der Waals surface area contributed by atoms with Gasteiger partial charge in [-0.1, -0.05) is 29.8 Å². The van der Waals surface area contributed by atoms with Crippen LogP contribution >= 0.6 is 11.6 Å². The summed E-state index contributed by atoms with van der Waals surface area (Å²) in [6, 6.07) is 7.82. The first-order valence-electron chi connectivity index (χ1n) is 5.79. The highest BCUT2D eigenvalue weighted by molar-refractivity contribution is 6.31. The second-order valence-electron chi connectivity index (χ2n) is 4.26. The van der Waals surface area contributed by atoms with Crippen molar-refractivity contribution < 1.29 is 31.1 Å². The molecule has 2 aromatic carbocycles. The smallest absolute Gasteiger partial charge is 0.406 e. The Morgan fingerprint density at radius 1 is 0.773 bits per heavy atom. The van der Waals surface area contributed by atoms with Crippen LogP contribution in [0, 0.1) is 0 Å². The van der Waals surface area contributed by atoms with E-state index >= 15 is 0 Å². The highest BCUT2D eigenvalue weighted by Gasteiger charge is 2.33. The molecular formula is C14H7ClF6O. The third-order valence-corrected chi connectivity index (χ3v) is 3.01. The van der Waals surface area contributed by atoms with Crippen LogP contribution in [0.15, 0.2) is 42.5 Å². The summed E-state index contributed by atoms with van der Waals surface area (Å²) in [5, 5.41) is -0.486. The highest BCUT2D eigenvalue weighted by Crippen LogP contribution is 2.37. The predicted octanol–water partition coefficient (Wildman–Crippen LogP) is 5.92. The number of rotatable bonds is 2. The molecule has 1 nitrogen and oxygen atoms in total. The molecule has 22 heavy (non-hydrogen) atoms. The maximum Gasteiger partial charge on any atom is 0.573 e. The van der Waals surface area contributed by atoms with Gasteiger partial charge in [0, 0.05) is 0 Å². The summed E-state index contributed by atoms with van der Waals surface area (Å²) in [6.07, 6.45) is -9.38. The Labute approximate surface area is 126 Å². The summed E-state index contributed by atoms with van der Waals surface area (Å²) in [5.41, 5.74) is -0.225. The van der Waals surface area contributed by atoms with Gasteiger partial charge in [0.2, 0.25) is 0 Å². The summed E-state index contributed by atoms with van der Waals surface area (Å²) >= 11 is 5.59. The Morgan fingerprint density at radius 2 is 1.32 bits per heavy atom. The number of halogens is 7. The lowest BCUT2D eigenvalue weighted by Crippen LogP contribution is -2.16. The molecule has 0 atom stereocenters. The summed E-state index contributed by atoms with van der Waals surface area (Å²) in [6.45, 7) is 0. The van der Waals surface area contributed by atoms with E-state index in [2.05, 4.69) is 4.74 Å². The number of hydrogen-bond acceptors (Lipinski definition) is 1. The van der Waals surface area contributed by atoms with Crippen molar-refractivity contribution in [3.8, 4) is 16.9 Å². The zero-order chi connectivity index (χ0) is 16.5. The van der Waals surface area contributed by atoms with Crippen LogP contribution in [0.3, 0.4) is 0 Å². The minimum absolute atomic E-state index is 0.344. The van der Waals surface area contributed by atoms with Crippen molar-refractivity contribution in [2.45, 2.75) is 12.5 Å². The molecule has 0 amide bonds. The van der Waals surface area contributed by atoms with E-state index in [0.29, 0.717) is 11.1 Å². The summed E-state index contributed by atoms with van der Waals surface area (Å²) < 4.78 is 77.5. The molecule has 8 heteroatoms. The quantitative estimate of drug-likeness (QED) is 0.616. The topological polar surface area (TPSA) is 9.23 Å². The normalized spacial score (nSPS) is 12.3. The average molecular weight is 341 g/mol. The van der Waals surface area contributed by atoms with E-state index in [4.69, 9.17) is 11.6 Å². The second-order valence-corrected chi connectivity index (χ2v) is 4.67. The van der Waals surface area contributed by atoms with Gasteiger partial charge >= 0.3 is 12.5 Å². The van der Waals surface area contributed by atoms with Crippen molar-refractivity contribution in [3.05, 3.63) is 53.1 Å². The van der Waals surface area contributed by atoms with Gasteiger partial charge in [-0.15, -0.1) is 13.2 Å². The lowest BCUT2D eigenvalue weighted by atomic mass is 10.0. The summed E-state index contributed by atoms with van der Waals surface area (Å²) in [7, 11) is 0. The molecule has 0 aliphatic heterocycles. The minimum atomic E-state index is -4.81. The molecule has 118 valence electrons. The van der Waals surface area contributed by atoms with Gasteiger partial charge in [0.05, 0.1) is 10.6 Å². The standard InChI is InChI=1S/C14H7ClF6O/c15-12-7-9(3-6-11(12)13(16,17)18)8-1-4-10(5-2-8)22-14(19,20)21/h1-7H. The Balaban J connectivity index is 2.28. The molecule has 0 radical (unpaired) electrons. The Hall–Kier alpha value is -1.89. The van der Waals surface area contributed by atoms with Gasteiger partial charge in [0.1, 0.15) is 5.75 Å². The van der Waals surface area contributed by atoms with E-state index < -0.39 is 28.9 Å². The van der Waals surface area contributed by atoms with Gasteiger partial charge in [-0.2, -0.15) is 13.2 Å². The van der Waals surface area contributed by atoms with E-state index in [9.17, 15) is 26.3 Å². The molecule has 2 rings (SSSR count). The Kier molecular flexibility index (Phi) is 4.28. The fraction of sp³-hybridized carbons (Fsp3) is 0.143. The molecule has 2 aromatic rings. The van der Waals surface area contributed by atoms with Crippen molar-refractivity contribution in [1.82, 2.24) is 0 Å². The molecule has 0 spiro atoms. The zero-order valence-electron chi connectivity index (χ0n) is 10.6. The first-order chi connectivity index (χ1) is 10.1. The second kappa shape index (κ2) is 5.72. The molecular weight excluding hydrogens is 334 g/mol. The minimum Gasteiger partial charge on any atom is -0.406 e. The average Bonchev–Trinajstić information content (AvgIpc) is 2.36. The zero-order valence-corrected chi connectivity index (χ0v) is 11.4. The number of ether oxygens (including phenoxy) is 1. The molecule has 0 aliphatic rings. The van der Waals surface area contributed by atoms with E-state index in [1.807, 2.05) is 0 Å². The summed E-state index contributed by atoms with van der Waals surface area (Å²) in [5.74, 6) is -0.422. The van der Waals surface area contributed by atoms with Crippen LogP contribution in [0.1, 0.15) is 5.56 Å². The molecule has 0 saturated heterocycles. The predicted molar refractivity (Wildman–Crippen MR) is 68.6 cm³/mol. The third-order valence-electron chi connectivity index (χ3n) is 2.70. The van der Waals surface area contributed by atoms with Crippen LogP contribution < -0.4 is 4.74 Å². The fourth-order valence-electron chi connectivity index (χ4n) is 1.77. The molecule has 0 fully saturated rings. The molecule has 0 N–H and O–H groups in total. The van der Waals surface area contributed by atoms with Gasteiger partial charge in [0.15, 0.2) is 0 Å². The maximum absolute atomic E-state index is 12.6. The van der Waals surface area contributed by atoms with E-state index in [-0.39, 0.29) is 0 Å². The number of alkyl halides is 6. The van der Waals surface area contributed by atoms with Crippen molar-refractivity contribution in [2.75, 3.05) is 0 Å². The van der Waals surface area contributed by atoms with Crippen LogP contribution in [0.25, 0.3) is 11.1 Å². The SMILES string of the molecule is FC(F)(F)Oc1ccc(-c2ccc(C(F)(F)F)c(Cl)c2)cc1. The molecule has 0 bridgehead atoms. The lowest BCUT2D eigenvalue weighted by molar-refractivity contribution is -0.274. The monoisotopic (exact) mass is 340 g/mol. The first-order valence-corrected chi connectivity index (χ1v) is 6.17. The highest BCUT2D eigenvalue weighted by atomic mass is 35.5. The first kappa shape index (κ1) is 16.5. The van der Waals surface area contributed by atoms with Crippen molar-refractivity contribution in [3.63, 3.8) is 0 Å². The molecule has 0 unspecified atom stereocenters. The van der Waals surface area contributed by atoms with Crippen LogP contribution in [-0.2, 0) is 6.18 Å². The maximum atomic E-state index is 12.6. The van der Waals surface area contributed by atoms with Gasteiger partial charge < -0.3 is 4.74 Å². The summed E-state index contributed by atoms with van der Waals surface area (Å²) in [4.78, 5) is 0. The van der Waals surface area contributed by atoms with Crippen molar-refractivity contribution in [2.24, 2.45) is 0 Å². The van der Waals surface area contributed by atoms with E-state index in [0.717, 1.165) is 24.3 Å². The van der Waals surface area contributed by atoms with Gasteiger partial charge in [-0.05, 0) is 35.4 Å². The number of hydrogen-bond donors (Lipinski definition) is 0. The van der Waals surface area contributed by atoms with Crippen molar-refractivity contribution >= 4 is 11.6 Å².